The van der Waals surface area contributed by atoms with E-state index in [1.54, 1.807) is 13.2 Å². The molecule has 0 bridgehead atoms. The summed E-state index contributed by atoms with van der Waals surface area (Å²) >= 11 is 0. The number of nitrogens with zero attached hydrogens (tertiary/aromatic N) is 1. The van der Waals surface area contributed by atoms with Crippen LogP contribution < -0.4 is 15.4 Å². The Hall–Kier alpha value is -1.62. The summed E-state index contributed by atoms with van der Waals surface area (Å²) in [5.41, 5.74) is 1.00. The lowest BCUT2D eigenvalue weighted by molar-refractivity contribution is -0.120. The van der Waals surface area contributed by atoms with Gasteiger partial charge in [-0.3, -0.25) is 4.79 Å². The van der Waals surface area contributed by atoms with E-state index >= 15 is 0 Å². The van der Waals surface area contributed by atoms with Crippen LogP contribution in [0.25, 0.3) is 0 Å². The standard InChI is InChI=1S/C13H21N3O2/c1-10(2)18-13-11(5-4-7-16-13)9-15-8-6-12(17)14-3/h4-5,7,10,15H,6,8-9H2,1-3H3,(H,14,17). The van der Waals surface area contributed by atoms with E-state index in [-0.39, 0.29) is 12.0 Å². The minimum atomic E-state index is 0.0346. The molecule has 5 heteroatoms. The van der Waals surface area contributed by atoms with E-state index in [0.29, 0.717) is 25.4 Å². The lowest BCUT2D eigenvalue weighted by atomic mass is 10.2. The maximum absolute atomic E-state index is 11.0. The third kappa shape index (κ3) is 5.14. The largest absolute Gasteiger partial charge is 0.475 e. The summed E-state index contributed by atoms with van der Waals surface area (Å²) in [5, 5.41) is 5.78. The van der Waals surface area contributed by atoms with Gasteiger partial charge < -0.3 is 15.4 Å². The van der Waals surface area contributed by atoms with Gasteiger partial charge in [-0.25, -0.2) is 4.98 Å². The fourth-order valence-electron chi connectivity index (χ4n) is 1.44. The fourth-order valence-corrected chi connectivity index (χ4v) is 1.44. The number of ether oxygens (including phenoxy) is 1. The number of aromatic nitrogens is 1. The average Bonchev–Trinajstić information content (AvgIpc) is 2.35. The highest BCUT2D eigenvalue weighted by Gasteiger charge is 2.06. The van der Waals surface area contributed by atoms with Crippen LogP contribution in [0.15, 0.2) is 18.3 Å². The van der Waals surface area contributed by atoms with Crippen LogP contribution in [0.5, 0.6) is 5.88 Å². The smallest absolute Gasteiger partial charge is 0.221 e. The molecule has 5 nitrogen and oxygen atoms in total. The predicted octanol–water partition coefficient (Wildman–Crippen LogP) is 1.09. The van der Waals surface area contributed by atoms with Gasteiger partial charge in [0.1, 0.15) is 0 Å². The summed E-state index contributed by atoms with van der Waals surface area (Å²) in [6.45, 7) is 5.22. The zero-order valence-electron chi connectivity index (χ0n) is 11.2. The van der Waals surface area contributed by atoms with Gasteiger partial charge in [0.05, 0.1) is 6.10 Å². The first kappa shape index (κ1) is 14.4. The monoisotopic (exact) mass is 251 g/mol. The molecule has 100 valence electrons. The lowest BCUT2D eigenvalue weighted by Gasteiger charge is -2.13. The Bertz CT molecular complexity index is 380. The molecular formula is C13H21N3O2. The van der Waals surface area contributed by atoms with Crippen LogP contribution in [-0.2, 0) is 11.3 Å². The highest BCUT2D eigenvalue weighted by Crippen LogP contribution is 2.15. The summed E-state index contributed by atoms with van der Waals surface area (Å²) in [5.74, 6) is 0.687. The Kier molecular flexibility index (Phi) is 6.14. The van der Waals surface area contributed by atoms with Gasteiger partial charge in [0, 0.05) is 38.3 Å². The summed E-state index contributed by atoms with van der Waals surface area (Å²) in [6.07, 6.45) is 2.28. The SMILES string of the molecule is CNC(=O)CCNCc1cccnc1OC(C)C. The van der Waals surface area contributed by atoms with Crippen LogP contribution in [-0.4, -0.2) is 30.6 Å². The van der Waals surface area contributed by atoms with Crippen molar-refractivity contribution in [2.24, 2.45) is 0 Å². The number of pyridine rings is 1. The predicted molar refractivity (Wildman–Crippen MR) is 70.4 cm³/mol. The second-order valence-electron chi connectivity index (χ2n) is 4.23. The van der Waals surface area contributed by atoms with Gasteiger partial charge >= 0.3 is 0 Å². The number of rotatable bonds is 7. The molecule has 18 heavy (non-hydrogen) atoms. The second kappa shape index (κ2) is 7.66. The van der Waals surface area contributed by atoms with Crippen molar-refractivity contribution in [3.05, 3.63) is 23.9 Å². The molecule has 2 N–H and O–H groups in total. The van der Waals surface area contributed by atoms with Crippen LogP contribution in [0, 0.1) is 0 Å². The molecule has 0 saturated carbocycles. The van der Waals surface area contributed by atoms with E-state index in [1.807, 2.05) is 26.0 Å². The molecule has 0 saturated heterocycles. The molecule has 0 aliphatic rings. The van der Waals surface area contributed by atoms with Crippen molar-refractivity contribution >= 4 is 5.91 Å². The van der Waals surface area contributed by atoms with Crippen LogP contribution in [0.2, 0.25) is 0 Å². The molecule has 1 rings (SSSR count). The highest BCUT2D eigenvalue weighted by atomic mass is 16.5. The summed E-state index contributed by atoms with van der Waals surface area (Å²) in [6, 6.07) is 3.85. The van der Waals surface area contributed by atoms with Gasteiger partial charge in [-0.05, 0) is 19.9 Å². The molecule has 1 amide bonds. The van der Waals surface area contributed by atoms with Crippen molar-refractivity contribution in [1.82, 2.24) is 15.6 Å². The van der Waals surface area contributed by atoms with Gasteiger partial charge in [-0.2, -0.15) is 0 Å². The first-order chi connectivity index (χ1) is 8.63. The minimum Gasteiger partial charge on any atom is -0.475 e. The van der Waals surface area contributed by atoms with Gasteiger partial charge in [0.15, 0.2) is 0 Å². The minimum absolute atomic E-state index is 0.0346. The molecule has 0 aliphatic heterocycles. The topological polar surface area (TPSA) is 63.2 Å². The Morgan fingerprint density at radius 3 is 2.94 bits per heavy atom. The van der Waals surface area contributed by atoms with E-state index in [4.69, 9.17) is 4.74 Å². The van der Waals surface area contributed by atoms with Gasteiger partial charge in [-0.1, -0.05) is 6.07 Å². The molecule has 1 aromatic rings. The third-order valence-corrected chi connectivity index (χ3v) is 2.32. The van der Waals surface area contributed by atoms with Crippen molar-refractivity contribution in [2.75, 3.05) is 13.6 Å². The van der Waals surface area contributed by atoms with E-state index in [0.717, 1.165) is 5.56 Å². The van der Waals surface area contributed by atoms with Crippen LogP contribution >= 0.6 is 0 Å². The molecule has 1 heterocycles. The van der Waals surface area contributed by atoms with E-state index in [2.05, 4.69) is 15.6 Å². The van der Waals surface area contributed by atoms with E-state index in [9.17, 15) is 4.79 Å². The first-order valence-electron chi connectivity index (χ1n) is 6.15. The average molecular weight is 251 g/mol. The zero-order valence-corrected chi connectivity index (χ0v) is 11.2. The quantitative estimate of drug-likeness (QED) is 0.712. The molecule has 1 aromatic heterocycles. The number of amides is 1. The number of carbonyl (C=O) groups is 1. The molecule has 0 fully saturated rings. The highest BCUT2D eigenvalue weighted by molar-refractivity contribution is 5.75. The van der Waals surface area contributed by atoms with Crippen LogP contribution in [0.3, 0.4) is 0 Å². The number of nitrogens with one attached hydrogen (secondary N) is 2. The van der Waals surface area contributed by atoms with Gasteiger partial charge in [0.25, 0.3) is 0 Å². The molecule has 0 atom stereocenters. The number of carbonyl (C=O) groups excluding carboxylic acids is 1. The van der Waals surface area contributed by atoms with Crippen molar-refractivity contribution in [2.45, 2.75) is 32.9 Å². The van der Waals surface area contributed by atoms with Crippen LogP contribution in [0.1, 0.15) is 25.8 Å². The van der Waals surface area contributed by atoms with Crippen molar-refractivity contribution in [3.63, 3.8) is 0 Å². The normalized spacial score (nSPS) is 10.4. The van der Waals surface area contributed by atoms with Crippen LogP contribution in [0.4, 0.5) is 0 Å². The molecule has 0 radical (unpaired) electrons. The zero-order chi connectivity index (χ0) is 13.4. The van der Waals surface area contributed by atoms with Crippen molar-refractivity contribution < 1.29 is 9.53 Å². The number of hydrogen-bond acceptors (Lipinski definition) is 4. The van der Waals surface area contributed by atoms with E-state index in [1.165, 1.54) is 0 Å². The first-order valence-corrected chi connectivity index (χ1v) is 6.15. The summed E-state index contributed by atoms with van der Waals surface area (Å²) < 4.78 is 5.61. The number of hydrogen-bond donors (Lipinski definition) is 2. The summed E-state index contributed by atoms with van der Waals surface area (Å²) in [7, 11) is 1.64. The maximum atomic E-state index is 11.0. The van der Waals surface area contributed by atoms with E-state index < -0.39 is 0 Å². The summed E-state index contributed by atoms with van der Waals surface area (Å²) in [4.78, 5) is 15.3. The third-order valence-electron chi connectivity index (χ3n) is 2.32. The van der Waals surface area contributed by atoms with Crippen molar-refractivity contribution in [1.29, 1.82) is 0 Å². The fraction of sp³-hybridized carbons (Fsp3) is 0.538. The van der Waals surface area contributed by atoms with Crippen molar-refractivity contribution in [3.8, 4) is 5.88 Å². The molecule has 0 aliphatic carbocycles. The Morgan fingerprint density at radius 2 is 2.28 bits per heavy atom. The Morgan fingerprint density at radius 1 is 1.50 bits per heavy atom. The molecule has 0 aromatic carbocycles. The molecule has 0 spiro atoms. The second-order valence-corrected chi connectivity index (χ2v) is 4.23. The Balaban J connectivity index is 2.43. The molecule has 0 unspecified atom stereocenters. The molecular weight excluding hydrogens is 230 g/mol. The Labute approximate surface area is 108 Å². The lowest BCUT2D eigenvalue weighted by Crippen LogP contribution is -2.24. The van der Waals surface area contributed by atoms with Gasteiger partial charge in [0.2, 0.25) is 11.8 Å². The van der Waals surface area contributed by atoms with Gasteiger partial charge in [-0.15, -0.1) is 0 Å². The maximum Gasteiger partial charge on any atom is 0.221 e.